The average molecular weight is 371 g/mol. The second-order valence-corrected chi connectivity index (χ2v) is 7.15. The molecule has 0 unspecified atom stereocenters. The maximum atomic E-state index is 12.7. The fourth-order valence-electron chi connectivity index (χ4n) is 3.54. The zero-order chi connectivity index (χ0) is 18.9. The van der Waals surface area contributed by atoms with Gasteiger partial charge in [-0.1, -0.05) is 0 Å². The summed E-state index contributed by atoms with van der Waals surface area (Å²) < 4.78 is 37.7. The van der Waals surface area contributed by atoms with Crippen LogP contribution in [0.3, 0.4) is 0 Å². The minimum Gasteiger partial charge on any atom is -0.368 e. The zero-order valence-electron chi connectivity index (χ0n) is 15.0. The van der Waals surface area contributed by atoms with Crippen molar-refractivity contribution < 1.29 is 18.0 Å². The third kappa shape index (κ3) is 4.08. The van der Waals surface area contributed by atoms with Gasteiger partial charge < -0.3 is 9.80 Å². The van der Waals surface area contributed by atoms with Crippen molar-refractivity contribution in [2.45, 2.75) is 32.5 Å². The number of anilines is 1. The number of aromatic nitrogens is 2. The Morgan fingerprint density at radius 2 is 1.73 bits per heavy atom. The normalized spacial score (nSPS) is 22.3. The molecule has 144 valence electrons. The number of rotatable bonds is 3. The molecule has 1 atom stereocenters. The highest BCUT2D eigenvalue weighted by Crippen LogP contribution is 2.28. The molecule has 0 N–H and O–H groups in total. The van der Waals surface area contributed by atoms with E-state index in [9.17, 15) is 18.0 Å². The number of amides is 1. The number of halogens is 3. The highest BCUT2D eigenvalue weighted by Gasteiger charge is 2.36. The lowest BCUT2D eigenvalue weighted by Gasteiger charge is -2.37. The second kappa shape index (κ2) is 7.38. The van der Waals surface area contributed by atoms with Gasteiger partial charge in [0.15, 0.2) is 0 Å². The number of carbonyl (C=O) groups excluding carboxylic acids is 1. The van der Waals surface area contributed by atoms with E-state index >= 15 is 0 Å². The van der Waals surface area contributed by atoms with Crippen LogP contribution >= 0.6 is 0 Å². The molecule has 3 rings (SSSR count). The molecule has 0 radical (unpaired) electrons. The molecule has 2 fully saturated rings. The van der Waals surface area contributed by atoms with Gasteiger partial charge >= 0.3 is 6.18 Å². The summed E-state index contributed by atoms with van der Waals surface area (Å²) in [5.41, 5.74) is 0.526. The SMILES string of the molecule is CC(C)N1CCN(C(=O)[C@H]2CCN(c3cnc(C(F)(F)F)nc3)C2)CC1. The molecular formula is C17H24F3N5O. The number of hydrogen-bond donors (Lipinski definition) is 0. The van der Waals surface area contributed by atoms with E-state index in [1.807, 2.05) is 9.80 Å². The van der Waals surface area contributed by atoms with E-state index in [1.165, 1.54) is 12.4 Å². The topological polar surface area (TPSA) is 52.6 Å². The van der Waals surface area contributed by atoms with Crippen LogP contribution in [0.1, 0.15) is 26.1 Å². The quantitative estimate of drug-likeness (QED) is 0.812. The standard InChI is InChI=1S/C17H24F3N5O/c1-12(2)23-5-7-24(8-6-23)15(26)13-3-4-25(11-13)14-9-21-16(22-10-14)17(18,19)20/h9-10,12-13H,3-8,11H2,1-2H3/t13-/m0/s1. The molecule has 1 amide bonds. The Hall–Kier alpha value is -1.90. The Morgan fingerprint density at radius 3 is 2.27 bits per heavy atom. The maximum absolute atomic E-state index is 12.7. The van der Waals surface area contributed by atoms with Gasteiger partial charge in [0.1, 0.15) is 0 Å². The molecule has 3 heterocycles. The lowest BCUT2D eigenvalue weighted by molar-refractivity contribution is -0.145. The van der Waals surface area contributed by atoms with Gasteiger partial charge in [0, 0.05) is 45.3 Å². The minimum atomic E-state index is -4.54. The van der Waals surface area contributed by atoms with Crippen LogP contribution in [0.15, 0.2) is 12.4 Å². The summed E-state index contributed by atoms with van der Waals surface area (Å²) in [5.74, 6) is -1.12. The molecule has 0 saturated carbocycles. The molecule has 0 spiro atoms. The molecule has 26 heavy (non-hydrogen) atoms. The van der Waals surface area contributed by atoms with Crippen molar-refractivity contribution in [1.82, 2.24) is 19.8 Å². The van der Waals surface area contributed by atoms with Gasteiger partial charge in [0.2, 0.25) is 11.7 Å². The first-order valence-corrected chi connectivity index (χ1v) is 8.92. The average Bonchev–Trinajstić information content (AvgIpc) is 3.10. The Bertz CT molecular complexity index is 626. The number of hydrogen-bond acceptors (Lipinski definition) is 5. The second-order valence-electron chi connectivity index (χ2n) is 7.15. The van der Waals surface area contributed by atoms with Crippen molar-refractivity contribution in [3.8, 4) is 0 Å². The molecule has 9 heteroatoms. The van der Waals surface area contributed by atoms with Crippen LogP contribution in [0.25, 0.3) is 0 Å². The number of nitrogens with zero attached hydrogens (tertiary/aromatic N) is 5. The summed E-state index contributed by atoms with van der Waals surface area (Å²) in [6.45, 7) is 8.65. The number of carbonyl (C=O) groups is 1. The molecule has 0 aromatic carbocycles. The van der Waals surface area contributed by atoms with Crippen LogP contribution < -0.4 is 4.90 Å². The molecule has 1 aromatic heterocycles. The van der Waals surface area contributed by atoms with Crippen molar-refractivity contribution in [2.24, 2.45) is 5.92 Å². The summed E-state index contributed by atoms with van der Waals surface area (Å²) in [6.07, 6.45) is -1.47. The van der Waals surface area contributed by atoms with Gasteiger partial charge in [-0.25, -0.2) is 9.97 Å². The summed E-state index contributed by atoms with van der Waals surface area (Å²) >= 11 is 0. The van der Waals surface area contributed by atoms with Gasteiger partial charge in [0.25, 0.3) is 0 Å². The first-order chi connectivity index (χ1) is 12.3. The van der Waals surface area contributed by atoms with Gasteiger partial charge in [-0.05, 0) is 20.3 Å². The number of alkyl halides is 3. The van der Waals surface area contributed by atoms with Crippen molar-refractivity contribution in [3.63, 3.8) is 0 Å². The van der Waals surface area contributed by atoms with E-state index in [-0.39, 0.29) is 11.8 Å². The number of piperazine rings is 1. The van der Waals surface area contributed by atoms with Crippen molar-refractivity contribution in [1.29, 1.82) is 0 Å². The zero-order valence-corrected chi connectivity index (χ0v) is 15.0. The van der Waals surface area contributed by atoms with E-state index in [0.717, 1.165) is 26.2 Å². The highest BCUT2D eigenvalue weighted by atomic mass is 19.4. The Labute approximate surface area is 151 Å². The van der Waals surface area contributed by atoms with Crippen LogP contribution in [0.5, 0.6) is 0 Å². The minimum absolute atomic E-state index is 0.122. The summed E-state index contributed by atoms with van der Waals surface area (Å²) in [4.78, 5) is 25.7. The summed E-state index contributed by atoms with van der Waals surface area (Å²) in [7, 11) is 0. The summed E-state index contributed by atoms with van der Waals surface area (Å²) in [5, 5.41) is 0. The Balaban J connectivity index is 1.56. The van der Waals surface area contributed by atoms with E-state index < -0.39 is 12.0 Å². The third-order valence-corrected chi connectivity index (χ3v) is 5.15. The molecule has 2 aliphatic heterocycles. The largest absolute Gasteiger partial charge is 0.451 e. The smallest absolute Gasteiger partial charge is 0.368 e. The highest BCUT2D eigenvalue weighted by molar-refractivity contribution is 5.80. The van der Waals surface area contributed by atoms with Crippen molar-refractivity contribution >= 4 is 11.6 Å². The lowest BCUT2D eigenvalue weighted by atomic mass is 10.1. The first-order valence-electron chi connectivity index (χ1n) is 8.92. The monoisotopic (exact) mass is 371 g/mol. The van der Waals surface area contributed by atoms with Crippen molar-refractivity contribution in [2.75, 3.05) is 44.2 Å². The van der Waals surface area contributed by atoms with Crippen LogP contribution in [0.2, 0.25) is 0 Å². The Morgan fingerprint density at radius 1 is 1.12 bits per heavy atom. The molecule has 1 aromatic rings. The van der Waals surface area contributed by atoms with Gasteiger partial charge in [0.05, 0.1) is 24.0 Å². The van der Waals surface area contributed by atoms with Crippen LogP contribution in [-0.2, 0) is 11.0 Å². The fourth-order valence-corrected chi connectivity index (χ4v) is 3.54. The molecule has 2 saturated heterocycles. The molecular weight excluding hydrogens is 347 g/mol. The Kier molecular flexibility index (Phi) is 5.36. The van der Waals surface area contributed by atoms with E-state index in [2.05, 4.69) is 28.7 Å². The van der Waals surface area contributed by atoms with Gasteiger partial charge in [-0.2, -0.15) is 13.2 Å². The predicted octanol–water partition coefficient (Wildman–Crippen LogP) is 1.87. The molecule has 0 aliphatic carbocycles. The lowest BCUT2D eigenvalue weighted by Crippen LogP contribution is -2.52. The summed E-state index contributed by atoms with van der Waals surface area (Å²) in [6, 6.07) is 0.480. The van der Waals surface area contributed by atoms with Crippen molar-refractivity contribution in [3.05, 3.63) is 18.2 Å². The van der Waals surface area contributed by atoms with E-state index in [4.69, 9.17) is 0 Å². The molecule has 2 aliphatic rings. The first kappa shape index (κ1) is 18.9. The van der Waals surface area contributed by atoms with Gasteiger partial charge in [-0.15, -0.1) is 0 Å². The predicted molar refractivity (Wildman–Crippen MR) is 90.6 cm³/mol. The van der Waals surface area contributed by atoms with Crippen LogP contribution in [0.4, 0.5) is 18.9 Å². The van der Waals surface area contributed by atoms with E-state index in [0.29, 0.717) is 31.2 Å². The van der Waals surface area contributed by atoms with Gasteiger partial charge in [-0.3, -0.25) is 9.69 Å². The maximum Gasteiger partial charge on any atom is 0.451 e. The van der Waals surface area contributed by atoms with E-state index in [1.54, 1.807) is 0 Å². The van der Waals surface area contributed by atoms with Crippen LogP contribution in [0, 0.1) is 5.92 Å². The third-order valence-electron chi connectivity index (χ3n) is 5.15. The molecule has 6 nitrogen and oxygen atoms in total. The molecule has 0 bridgehead atoms. The fraction of sp³-hybridized carbons (Fsp3) is 0.706. The van der Waals surface area contributed by atoms with Crippen LogP contribution in [-0.4, -0.2) is 71.0 Å².